The van der Waals surface area contributed by atoms with Crippen molar-refractivity contribution >= 4 is 27.0 Å². The molecule has 3 aromatic rings. The standard InChI is InChI=1S/C20H22N4O3S/c1-15-3-2-4-16(11-15)13-28(26,27)24-9-7-23(8-10-24)20(25)17-5-6-18-19(12-17)22-14-21-18/h2-6,11-12,14H,7-10,13H2,1H3,(H,21,22). The van der Waals surface area contributed by atoms with E-state index in [0.717, 1.165) is 22.2 Å². The van der Waals surface area contributed by atoms with Crippen LogP contribution in [0.2, 0.25) is 0 Å². The van der Waals surface area contributed by atoms with Gasteiger partial charge in [0.25, 0.3) is 5.91 Å². The largest absolute Gasteiger partial charge is 0.345 e. The van der Waals surface area contributed by atoms with Gasteiger partial charge in [0.1, 0.15) is 0 Å². The molecule has 1 aliphatic rings. The van der Waals surface area contributed by atoms with E-state index in [0.29, 0.717) is 31.7 Å². The SMILES string of the molecule is Cc1cccc(CS(=O)(=O)N2CCN(C(=O)c3ccc4nc[nH]c4c3)CC2)c1. The lowest BCUT2D eigenvalue weighted by atomic mass is 10.1. The molecular formula is C20H22N4O3S. The van der Waals surface area contributed by atoms with Gasteiger partial charge in [-0.1, -0.05) is 29.8 Å². The van der Waals surface area contributed by atoms with Crippen molar-refractivity contribution in [2.24, 2.45) is 0 Å². The Morgan fingerprint density at radius 2 is 1.89 bits per heavy atom. The molecule has 1 N–H and O–H groups in total. The topological polar surface area (TPSA) is 86.4 Å². The second-order valence-corrected chi connectivity index (χ2v) is 9.04. The van der Waals surface area contributed by atoms with E-state index < -0.39 is 10.0 Å². The van der Waals surface area contributed by atoms with E-state index in [9.17, 15) is 13.2 Å². The van der Waals surface area contributed by atoms with Gasteiger partial charge >= 0.3 is 0 Å². The highest BCUT2D eigenvalue weighted by Gasteiger charge is 2.29. The van der Waals surface area contributed by atoms with Gasteiger partial charge in [-0.25, -0.2) is 13.4 Å². The van der Waals surface area contributed by atoms with Crippen LogP contribution in [0.3, 0.4) is 0 Å². The monoisotopic (exact) mass is 398 g/mol. The summed E-state index contributed by atoms with van der Waals surface area (Å²) in [5.74, 6) is -0.105. The maximum atomic E-state index is 12.8. The van der Waals surface area contributed by atoms with Crippen molar-refractivity contribution in [3.05, 3.63) is 65.5 Å². The van der Waals surface area contributed by atoms with Gasteiger partial charge in [0.2, 0.25) is 10.0 Å². The van der Waals surface area contributed by atoms with Gasteiger partial charge in [0.05, 0.1) is 23.1 Å². The lowest BCUT2D eigenvalue weighted by Gasteiger charge is -2.34. The number of nitrogens with zero attached hydrogens (tertiary/aromatic N) is 3. The molecule has 28 heavy (non-hydrogen) atoms. The quantitative estimate of drug-likeness (QED) is 0.730. The number of nitrogens with one attached hydrogen (secondary N) is 1. The first-order chi connectivity index (χ1) is 13.4. The molecule has 1 aliphatic heterocycles. The lowest BCUT2D eigenvalue weighted by Crippen LogP contribution is -2.50. The number of carbonyl (C=O) groups excluding carboxylic acids is 1. The van der Waals surface area contributed by atoms with Gasteiger partial charge in [-0.15, -0.1) is 0 Å². The van der Waals surface area contributed by atoms with E-state index in [2.05, 4.69) is 9.97 Å². The first-order valence-corrected chi connectivity index (χ1v) is 10.8. The minimum Gasteiger partial charge on any atom is -0.345 e. The summed E-state index contributed by atoms with van der Waals surface area (Å²) in [5, 5.41) is 0. The molecular weight excluding hydrogens is 376 g/mol. The molecule has 0 saturated carbocycles. The van der Waals surface area contributed by atoms with Crippen LogP contribution in [0.5, 0.6) is 0 Å². The average molecular weight is 398 g/mol. The predicted octanol–water partition coefficient (Wildman–Crippen LogP) is 2.16. The number of piperazine rings is 1. The van der Waals surface area contributed by atoms with Crippen molar-refractivity contribution in [2.75, 3.05) is 26.2 Å². The predicted molar refractivity (Wildman–Crippen MR) is 107 cm³/mol. The Labute approximate surface area is 164 Å². The molecule has 0 bridgehead atoms. The van der Waals surface area contributed by atoms with E-state index in [1.807, 2.05) is 37.3 Å². The molecule has 0 atom stereocenters. The highest BCUT2D eigenvalue weighted by Crippen LogP contribution is 2.18. The maximum Gasteiger partial charge on any atom is 0.254 e. The first-order valence-electron chi connectivity index (χ1n) is 9.18. The van der Waals surface area contributed by atoms with Crippen molar-refractivity contribution in [2.45, 2.75) is 12.7 Å². The summed E-state index contributed by atoms with van der Waals surface area (Å²) >= 11 is 0. The molecule has 0 spiro atoms. The smallest absolute Gasteiger partial charge is 0.254 e. The third kappa shape index (κ3) is 3.79. The number of sulfonamides is 1. The Bertz CT molecular complexity index is 1120. The second-order valence-electron chi connectivity index (χ2n) is 7.07. The summed E-state index contributed by atoms with van der Waals surface area (Å²) in [6, 6.07) is 12.9. The van der Waals surface area contributed by atoms with Gasteiger partial charge in [-0.2, -0.15) is 4.31 Å². The van der Waals surface area contributed by atoms with E-state index in [-0.39, 0.29) is 11.7 Å². The van der Waals surface area contributed by atoms with Crippen LogP contribution in [-0.2, 0) is 15.8 Å². The number of H-pyrrole nitrogens is 1. The van der Waals surface area contributed by atoms with E-state index in [4.69, 9.17) is 0 Å². The average Bonchev–Trinajstić information content (AvgIpc) is 3.15. The van der Waals surface area contributed by atoms with Gasteiger partial charge in [-0.05, 0) is 30.7 Å². The Morgan fingerprint density at radius 3 is 2.64 bits per heavy atom. The van der Waals surface area contributed by atoms with Crippen LogP contribution in [0.4, 0.5) is 0 Å². The summed E-state index contributed by atoms with van der Waals surface area (Å²) in [6.45, 7) is 3.33. The van der Waals surface area contributed by atoms with Crippen molar-refractivity contribution in [1.82, 2.24) is 19.2 Å². The number of benzene rings is 2. The molecule has 146 valence electrons. The molecule has 1 aromatic heterocycles. The molecule has 0 unspecified atom stereocenters. The molecule has 0 radical (unpaired) electrons. The first kappa shape index (κ1) is 18.6. The summed E-state index contributed by atoms with van der Waals surface area (Å²) in [5.41, 5.74) is 4.02. The Morgan fingerprint density at radius 1 is 1.11 bits per heavy atom. The molecule has 2 aromatic carbocycles. The molecule has 1 saturated heterocycles. The molecule has 1 fully saturated rings. The van der Waals surface area contributed by atoms with Crippen LogP contribution in [0.25, 0.3) is 11.0 Å². The summed E-state index contributed by atoms with van der Waals surface area (Å²) in [6.07, 6.45) is 1.59. The van der Waals surface area contributed by atoms with Crippen LogP contribution in [0, 0.1) is 6.92 Å². The second kappa shape index (κ2) is 7.37. The highest BCUT2D eigenvalue weighted by atomic mass is 32.2. The molecule has 7 nitrogen and oxygen atoms in total. The number of fused-ring (bicyclic) bond motifs is 1. The zero-order chi connectivity index (χ0) is 19.7. The Hall–Kier alpha value is -2.71. The number of hydrogen-bond donors (Lipinski definition) is 1. The van der Waals surface area contributed by atoms with Crippen LogP contribution in [-0.4, -0.2) is 59.7 Å². The third-order valence-corrected chi connectivity index (χ3v) is 6.87. The summed E-state index contributed by atoms with van der Waals surface area (Å²) in [4.78, 5) is 21.6. The van der Waals surface area contributed by atoms with Crippen molar-refractivity contribution in [3.8, 4) is 0 Å². The van der Waals surface area contributed by atoms with Gasteiger partial charge < -0.3 is 9.88 Å². The summed E-state index contributed by atoms with van der Waals surface area (Å²) in [7, 11) is -3.41. The van der Waals surface area contributed by atoms with Crippen LogP contribution in [0.1, 0.15) is 21.5 Å². The minimum atomic E-state index is -3.41. The zero-order valence-corrected chi connectivity index (χ0v) is 16.4. The number of amides is 1. The fourth-order valence-electron chi connectivity index (χ4n) is 3.52. The highest BCUT2D eigenvalue weighted by molar-refractivity contribution is 7.88. The zero-order valence-electron chi connectivity index (χ0n) is 15.6. The Balaban J connectivity index is 1.41. The number of aromatic nitrogens is 2. The van der Waals surface area contributed by atoms with Gasteiger partial charge in [0.15, 0.2) is 0 Å². The molecule has 4 rings (SSSR count). The molecule has 1 amide bonds. The van der Waals surface area contributed by atoms with Gasteiger partial charge in [-0.3, -0.25) is 4.79 Å². The lowest BCUT2D eigenvalue weighted by molar-refractivity contribution is 0.0698. The molecule has 8 heteroatoms. The van der Waals surface area contributed by atoms with Crippen molar-refractivity contribution < 1.29 is 13.2 Å². The van der Waals surface area contributed by atoms with E-state index >= 15 is 0 Å². The van der Waals surface area contributed by atoms with Crippen LogP contribution < -0.4 is 0 Å². The fourth-order valence-corrected chi connectivity index (χ4v) is 5.03. The number of carbonyl (C=O) groups is 1. The fraction of sp³-hybridized carbons (Fsp3) is 0.300. The van der Waals surface area contributed by atoms with Crippen molar-refractivity contribution in [1.29, 1.82) is 0 Å². The third-order valence-electron chi connectivity index (χ3n) is 5.02. The summed E-state index contributed by atoms with van der Waals surface area (Å²) < 4.78 is 27.0. The van der Waals surface area contributed by atoms with Crippen LogP contribution >= 0.6 is 0 Å². The van der Waals surface area contributed by atoms with E-state index in [1.54, 1.807) is 23.4 Å². The number of imidazole rings is 1. The maximum absolute atomic E-state index is 12.8. The van der Waals surface area contributed by atoms with Crippen LogP contribution in [0.15, 0.2) is 48.8 Å². The van der Waals surface area contributed by atoms with Gasteiger partial charge in [0, 0.05) is 31.7 Å². The normalized spacial score (nSPS) is 15.8. The molecule has 0 aliphatic carbocycles. The molecule has 2 heterocycles. The Kier molecular flexibility index (Phi) is 4.91. The minimum absolute atomic E-state index is 0.0148. The number of aromatic amines is 1. The van der Waals surface area contributed by atoms with E-state index in [1.165, 1.54) is 4.31 Å². The van der Waals surface area contributed by atoms with Crippen molar-refractivity contribution in [3.63, 3.8) is 0 Å². The number of rotatable bonds is 4. The number of aryl methyl sites for hydroxylation is 1. The number of hydrogen-bond acceptors (Lipinski definition) is 4.